The Bertz CT molecular complexity index is 81.1. The van der Waals surface area contributed by atoms with Crippen LogP contribution >= 0.6 is 0 Å². The summed E-state index contributed by atoms with van der Waals surface area (Å²) in [7, 11) is 0. The zero-order valence-corrected chi connectivity index (χ0v) is 10.4. The molecular weight excluding hydrogens is 289 g/mol. The zero-order chi connectivity index (χ0) is 8.41. The molecule has 0 aromatic heterocycles. The van der Waals surface area contributed by atoms with E-state index >= 15 is 0 Å². The van der Waals surface area contributed by atoms with Crippen LogP contribution in [0.5, 0.6) is 0 Å². The molecule has 77 valence electrons. The molecule has 0 aliphatic rings. The van der Waals surface area contributed by atoms with Crippen LogP contribution in [0.1, 0.15) is 13.8 Å². The second-order valence-corrected chi connectivity index (χ2v) is 2.63. The topological polar surface area (TPSA) is 9.23 Å². The van der Waals surface area contributed by atoms with Crippen LogP contribution in [0.25, 0.3) is 0 Å². The first-order chi connectivity index (χ1) is 4.68. The molecule has 0 unspecified atom stereocenters. The normalized spacial score (nSPS) is 6.33. The van der Waals surface area contributed by atoms with Crippen molar-refractivity contribution in [1.82, 2.24) is 0 Å². The SMILES string of the molecule is C=COC=C.CC(C)[CH2][Pd+2].[Cl-].[Cl-]. The Kier molecular flexibility index (Phi) is 43.0. The Hall–Kier alpha value is 0.522. The van der Waals surface area contributed by atoms with Crippen molar-refractivity contribution in [2.24, 2.45) is 5.92 Å². The average molecular weight is 305 g/mol. The van der Waals surface area contributed by atoms with Gasteiger partial charge in [-0.25, -0.2) is 0 Å². The van der Waals surface area contributed by atoms with Crippen LogP contribution in [0.4, 0.5) is 0 Å². The van der Waals surface area contributed by atoms with Gasteiger partial charge in [-0.1, -0.05) is 13.2 Å². The predicted molar refractivity (Wildman–Crippen MR) is 41.1 cm³/mol. The molecule has 0 fully saturated rings. The molecule has 0 atom stereocenters. The summed E-state index contributed by atoms with van der Waals surface area (Å²) in [5.41, 5.74) is 0. The smallest absolute Gasteiger partial charge is 1.00 e. The molecule has 0 amide bonds. The molecule has 0 rings (SSSR count). The minimum Gasteiger partial charge on any atom is -1.00 e. The molecule has 4 heteroatoms. The van der Waals surface area contributed by atoms with Crippen molar-refractivity contribution in [2.75, 3.05) is 0 Å². The van der Waals surface area contributed by atoms with Gasteiger partial charge < -0.3 is 29.6 Å². The minimum atomic E-state index is 0. The number of halogens is 2. The van der Waals surface area contributed by atoms with Crippen LogP contribution in [0.3, 0.4) is 0 Å². The van der Waals surface area contributed by atoms with Crippen LogP contribution in [0.2, 0.25) is 4.89 Å². The van der Waals surface area contributed by atoms with E-state index in [1.807, 2.05) is 0 Å². The van der Waals surface area contributed by atoms with E-state index < -0.39 is 0 Å². The van der Waals surface area contributed by atoms with Crippen molar-refractivity contribution >= 4 is 0 Å². The van der Waals surface area contributed by atoms with E-state index in [4.69, 9.17) is 0 Å². The van der Waals surface area contributed by atoms with E-state index in [9.17, 15) is 0 Å². The molecule has 0 aliphatic carbocycles. The number of hydrogen-bond donors (Lipinski definition) is 0. The monoisotopic (exact) mass is 303 g/mol. The van der Waals surface area contributed by atoms with Gasteiger partial charge in [0.25, 0.3) is 0 Å². The van der Waals surface area contributed by atoms with Crippen molar-refractivity contribution in [1.29, 1.82) is 0 Å². The van der Waals surface area contributed by atoms with Crippen molar-refractivity contribution < 1.29 is 48.8 Å². The van der Waals surface area contributed by atoms with Gasteiger partial charge in [0, 0.05) is 0 Å². The largest absolute Gasteiger partial charge is 1.00 e. The molecular formula is C8H15Cl2OPd. The third kappa shape index (κ3) is 46.7. The second kappa shape index (κ2) is 22.5. The first-order valence-electron chi connectivity index (χ1n) is 3.07. The van der Waals surface area contributed by atoms with E-state index in [2.05, 4.69) is 50.9 Å². The van der Waals surface area contributed by atoms with Crippen molar-refractivity contribution in [3.8, 4) is 0 Å². The zero-order valence-electron chi connectivity index (χ0n) is 7.33. The summed E-state index contributed by atoms with van der Waals surface area (Å²) in [5, 5.41) is 0. The molecule has 0 aliphatic heterocycles. The molecule has 0 N–H and O–H groups in total. The van der Waals surface area contributed by atoms with Gasteiger partial charge >= 0.3 is 43.9 Å². The average Bonchev–Trinajstić information content (AvgIpc) is 1.91. The number of ether oxygens (including phenoxy) is 1. The van der Waals surface area contributed by atoms with Crippen molar-refractivity contribution in [3.05, 3.63) is 25.7 Å². The first kappa shape index (κ1) is 22.9. The Morgan fingerprint density at radius 3 is 1.50 bits per heavy atom. The Balaban J connectivity index is -0.0000000457. The van der Waals surface area contributed by atoms with E-state index in [-0.39, 0.29) is 24.8 Å². The Labute approximate surface area is 98.9 Å². The maximum absolute atomic E-state index is 4.36. The Morgan fingerprint density at radius 2 is 1.50 bits per heavy atom. The maximum Gasteiger partial charge on any atom is -1.00 e. The fourth-order valence-electron chi connectivity index (χ4n) is 0.0680. The van der Waals surface area contributed by atoms with E-state index in [1.165, 1.54) is 12.5 Å². The van der Waals surface area contributed by atoms with Gasteiger partial charge in [0.2, 0.25) is 0 Å². The Morgan fingerprint density at radius 1 is 1.25 bits per heavy atom. The van der Waals surface area contributed by atoms with Crippen LogP contribution in [0.15, 0.2) is 25.7 Å². The predicted octanol–water partition coefficient (Wildman–Crippen LogP) is -3.09. The van der Waals surface area contributed by atoms with Crippen LogP contribution in [-0.2, 0) is 23.9 Å². The standard InChI is InChI=1S/C4H6O.C4H9.2ClH.Pd/c1-3-5-4-2;1-4(2)3;;;/h3-4H,1-2H2;4H,1H2,2-3H3;2*1H;/q;;;;+2/p-2. The molecule has 0 radical (unpaired) electrons. The fraction of sp³-hybridized carbons (Fsp3) is 0.500. The quantitative estimate of drug-likeness (QED) is 0.397. The van der Waals surface area contributed by atoms with Gasteiger partial charge in [0.1, 0.15) is 0 Å². The van der Waals surface area contributed by atoms with Gasteiger partial charge in [0.15, 0.2) is 0 Å². The summed E-state index contributed by atoms with van der Waals surface area (Å²) >= 11 is 3.09. The van der Waals surface area contributed by atoms with Gasteiger partial charge in [0.05, 0.1) is 12.5 Å². The molecule has 0 saturated carbocycles. The second-order valence-electron chi connectivity index (χ2n) is 1.99. The summed E-state index contributed by atoms with van der Waals surface area (Å²) in [6, 6.07) is 0. The molecule has 0 saturated heterocycles. The molecule has 1 nitrogen and oxygen atoms in total. The maximum atomic E-state index is 4.36. The third-order valence-corrected chi connectivity index (χ3v) is 1.72. The van der Waals surface area contributed by atoms with Gasteiger partial charge in [-0.2, -0.15) is 0 Å². The van der Waals surface area contributed by atoms with Crippen LogP contribution < -0.4 is 24.8 Å². The summed E-state index contributed by atoms with van der Waals surface area (Å²) in [5.74, 6) is 0.818. The number of rotatable bonds is 3. The van der Waals surface area contributed by atoms with Crippen molar-refractivity contribution in [3.63, 3.8) is 0 Å². The molecule has 0 heterocycles. The summed E-state index contributed by atoms with van der Waals surface area (Å²) in [4.78, 5) is 1.16. The summed E-state index contributed by atoms with van der Waals surface area (Å²) in [6.45, 7) is 10.9. The first-order valence-corrected chi connectivity index (χ1v) is 4.17. The van der Waals surface area contributed by atoms with Crippen molar-refractivity contribution in [2.45, 2.75) is 18.7 Å². The van der Waals surface area contributed by atoms with Gasteiger partial charge in [-0.15, -0.1) is 0 Å². The molecule has 0 aromatic carbocycles. The molecule has 0 spiro atoms. The third-order valence-electron chi connectivity index (χ3n) is 0.451. The molecule has 12 heavy (non-hydrogen) atoms. The van der Waals surface area contributed by atoms with E-state index in [0.717, 1.165) is 10.8 Å². The summed E-state index contributed by atoms with van der Waals surface area (Å²) < 4.78 is 4.36. The molecule has 0 bridgehead atoms. The van der Waals surface area contributed by atoms with Gasteiger partial charge in [-0.3, -0.25) is 0 Å². The van der Waals surface area contributed by atoms with E-state index in [0.29, 0.717) is 0 Å². The van der Waals surface area contributed by atoms with Crippen LogP contribution in [0, 0.1) is 5.92 Å². The summed E-state index contributed by atoms with van der Waals surface area (Å²) in [6.07, 6.45) is 2.62. The molecule has 0 aromatic rings. The fourth-order valence-corrected chi connectivity index (χ4v) is 0.0680. The van der Waals surface area contributed by atoms with Crippen LogP contribution in [-0.4, -0.2) is 0 Å². The minimum absolute atomic E-state index is 0. The number of hydrogen-bond acceptors (Lipinski definition) is 1. The van der Waals surface area contributed by atoms with Gasteiger partial charge in [-0.05, 0) is 0 Å². The van der Waals surface area contributed by atoms with E-state index in [1.54, 1.807) is 0 Å².